The fourth-order valence-electron chi connectivity index (χ4n) is 2.58. The molecule has 1 unspecified atom stereocenters. The van der Waals surface area contributed by atoms with Crippen LogP contribution in [0.4, 0.5) is 4.79 Å². The number of hydrogen-bond donors (Lipinski definition) is 2. The minimum absolute atomic E-state index is 0.279. The number of nitrogens with zero attached hydrogens (tertiary/aromatic N) is 1. The third kappa shape index (κ3) is 5.71. The number of amides is 2. The van der Waals surface area contributed by atoms with Crippen LogP contribution in [0, 0.1) is 5.92 Å². The van der Waals surface area contributed by atoms with Crippen molar-refractivity contribution in [2.45, 2.75) is 65.0 Å². The molecule has 106 valence electrons. The van der Waals surface area contributed by atoms with Gasteiger partial charge in [0.15, 0.2) is 0 Å². The number of carbonyl (C=O) groups excluding carboxylic acids is 1. The Kier molecular flexibility index (Phi) is 6.47. The van der Waals surface area contributed by atoms with E-state index in [4.69, 9.17) is 5.73 Å². The van der Waals surface area contributed by atoms with Gasteiger partial charge in [0, 0.05) is 25.2 Å². The van der Waals surface area contributed by atoms with Gasteiger partial charge in [-0.1, -0.05) is 26.7 Å². The first kappa shape index (κ1) is 15.3. The number of nitrogens with one attached hydrogen (secondary N) is 1. The first-order valence-electron chi connectivity index (χ1n) is 7.29. The molecule has 0 aromatic heterocycles. The van der Waals surface area contributed by atoms with E-state index in [0.717, 1.165) is 31.8 Å². The molecule has 1 heterocycles. The molecule has 0 bridgehead atoms. The molecule has 1 aliphatic rings. The number of primary amides is 1. The smallest absolute Gasteiger partial charge is 0.314 e. The average molecular weight is 255 g/mol. The highest BCUT2D eigenvalue weighted by Crippen LogP contribution is 2.13. The van der Waals surface area contributed by atoms with Crippen LogP contribution in [-0.4, -0.2) is 36.1 Å². The second-order valence-electron chi connectivity index (χ2n) is 5.99. The topological polar surface area (TPSA) is 58.4 Å². The second-order valence-corrected chi connectivity index (χ2v) is 5.99. The number of urea groups is 1. The van der Waals surface area contributed by atoms with E-state index in [1.54, 1.807) is 4.90 Å². The molecule has 4 nitrogen and oxygen atoms in total. The molecule has 1 saturated heterocycles. The molecular formula is C14H29N3O. The molecule has 3 N–H and O–H groups in total. The van der Waals surface area contributed by atoms with Gasteiger partial charge in [-0.15, -0.1) is 0 Å². The van der Waals surface area contributed by atoms with E-state index in [-0.39, 0.29) is 6.03 Å². The highest BCUT2D eigenvalue weighted by Gasteiger charge is 2.21. The van der Waals surface area contributed by atoms with Crippen molar-refractivity contribution in [1.29, 1.82) is 0 Å². The standard InChI is InChI=1S/C14H29N3O/c1-11(2)5-4-6-12(3)16-13-7-9-17(10-8-13)14(15)18/h11-13,16H,4-10H2,1-3H3,(H2,15,18). The van der Waals surface area contributed by atoms with Gasteiger partial charge in [-0.3, -0.25) is 0 Å². The summed E-state index contributed by atoms with van der Waals surface area (Å²) in [5.41, 5.74) is 5.27. The largest absolute Gasteiger partial charge is 0.351 e. The number of rotatable bonds is 6. The Morgan fingerprint density at radius 1 is 1.28 bits per heavy atom. The summed E-state index contributed by atoms with van der Waals surface area (Å²) in [6.45, 7) is 8.41. The molecular weight excluding hydrogens is 226 g/mol. The van der Waals surface area contributed by atoms with E-state index >= 15 is 0 Å². The lowest BCUT2D eigenvalue weighted by atomic mass is 10.0. The van der Waals surface area contributed by atoms with E-state index in [2.05, 4.69) is 26.1 Å². The van der Waals surface area contributed by atoms with Crippen LogP contribution < -0.4 is 11.1 Å². The van der Waals surface area contributed by atoms with Gasteiger partial charge in [0.1, 0.15) is 0 Å². The quantitative estimate of drug-likeness (QED) is 0.765. The number of piperidine rings is 1. The molecule has 18 heavy (non-hydrogen) atoms. The summed E-state index contributed by atoms with van der Waals surface area (Å²) in [7, 11) is 0. The average Bonchev–Trinajstić information content (AvgIpc) is 2.29. The van der Waals surface area contributed by atoms with Crippen LogP contribution in [0.2, 0.25) is 0 Å². The van der Waals surface area contributed by atoms with Crippen LogP contribution in [0.3, 0.4) is 0 Å². The first-order chi connectivity index (χ1) is 8.49. The molecule has 0 saturated carbocycles. The maximum absolute atomic E-state index is 11.0. The highest BCUT2D eigenvalue weighted by atomic mass is 16.2. The molecule has 0 radical (unpaired) electrons. The van der Waals surface area contributed by atoms with Crippen molar-refractivity contribution < 1.29 is 4.79 Å². The highest BCUT2D eigenvalue weighted by molar-refractivity contribution is 5.72. The summed E-state index contributed by atoms with van der Waals surface area (Å²) >= 11 is 0. The van der Waals surface area contributed by atoms with Gasteiger partial charge in [0.2, 0.25) is 0 Å². The Hall–Kier alpha value is -0.770. The van der Waals surface area contributed by atoms with Crippen molar-refractivity contribution in [2.24, 2.45) is 11.7 Å². The van der Waals surface area contributed by atoms with Crippen LogP contribution in [0.5, 0.6) is 0 Å². The predicted octanol–water partition coefficient (Wildman–Crippen LogP) is 2.33. The zero-order chi connectivity index (χ0) is 13.5. The normalized spacial score (nSPS) is 19.2. The van der Waals surface area contributed by atoms with Crippen LogP contribution in [0.15, 0.2) is 0 Å². The van der Waals surface area contributed by atoms with Gasteiger partial charge in [0.05, 0.1) is 0 Å². The maximum Gasteiger partial charge on any atom is 0.314 e. The second kappa shape index (κ2) is 7.62. The van der Waals surface area contributed by atoms with Crippen LogP contribution >= 0.6 is 0 Å². The molecule has 1 atom stereocenters. The van der Waals surface area contributed by atoms with Gasteiger partial charge >= 0.3 is 6.03 Å². The summed E-state index contributed by atoms with van der Waals surface area (Å²) in [5.74, 6) is 0.802. The van der Waals surface area contributed by atoms with Crippen LogP contribution in [0.25, 0.3) is 0 Å². The van der Waals surface area contributed by atoms with Gasteiger partial charge < -0.3 is 16.0 Å². The van der Waals surface area contributed by atoms with Crippen molar-refractivity contribution in [1.82, 2.24) is 10.2 Å². The van der Waals surface area contributed by atoms with Gasteiger partial charge in [-0.05, 0) is 32.1 Å². The van der Waals surface area contributed by atoms with Crippen molar-refractivity contribution in [3.8, 4) is 0 Å². The molecule has 1 fully saturated rings. The fraction of sp³-hybridized carbons (Fsp3) is 0.929. The van der Waals surface area contributed by atoms with Crippen molar-refractivity contribution in [2.75, 3.05) is 13.1 Å². The number of carbonyl (C=O) groups is 1. The predicted molar refractivity (Wildman–Crippen MR) is 75.5 cm³/mol. The summed E-state index contributed by atoms with van der Waals surface area (Å²) in [6, 6.07) is 0.849. The Bertz CT molecular complexity index is 247. The maximum atomic E-state index is 11.0. The lowest BCUT2D eigenvalue weighted by molar-refractivity contribution is 0.182. The molecule has 0 aliphatic carbocycles. The molecule has 2 amide bonds. The summed E-state index contributed by atoms with van der Waals surface area (Å²) in [6.07, 6.45) is 5.90. The summed E-state index contributed by atoms with van der Waals surface area (Å²) in [5, 5.41) is 3.67. The lowest BCUT2D eigenvalue weighted by Gasteiger charge is -2.33. The minimum atomic E-state index is -0.279. The Morgan fingerprint density at radius 3 is 2.39 bits per heavy atom. The van der Waals surface area contributed by atoms with E-state index in [0.29, 0.717) is 12.1 Å². The number of nitrogens with two attached hydrogens (primary N) is 1. The zero-order valence-corrected chi connectivity index (χ0v) is 12.1. The third-order valence-corrected chi connectivity index (χ3v) is 3.75. The molecule has 1 aliphatic heterocycles. The summed E-state index contributed by atoms with van der Waals surface area (Å²) in [4.78, 5) is 12.8. The zero-order valence-electron chi connectivity index (χ0n) is 12.1. The number of hydrogen-bond acceptors (Lipinski definition) is 2. The fourth-order valence-corrected chi connectivity index (χ4v) is 2.58. The van der Waals surface area contributed by atoms with Gasteiger partial charge in [-0.25, -0.2) is 4.79 Å². The Balaban J connectivity index is 2.14. The monoisotopic (exact) mass is 255 g/mol. The van der Waals surface area contributed by atoms with E-state index in [1.807, 2.05) is 0 Å². The van der Waals surface area contributed by atoms with E-state index in [1.165, 1.54) is 19.3 Å². The molecule has 4 heteroatoms. The number of likely N-dealkylation sites (tertiary alicyclic amines) is 1. The summed E-state index contributed by atoms with van der Waals surface area (Å²) < 4.78 is 0. The van der Waals surface area contributed by atoms with E-state index in [9.17, 15) is 4.79 Å². The van der Waals surface area contributed by atoms with Gasteiger partial charge in [-0.2, -0.15) is 0 Å². The van der Waals surface area contributed by atoms with Gasteiger partial charge in [0.25, 0.3) is 0 Å². The minimum Gasteiger partial charge on any atom is -0.351 e. The third-order valence-electron chi connectivity index (χ3n) is 3.75. The van der Waals surface area contributed by atoms with E-state index < -0.39 is 0 Å². The van der Waals surface area contributed by atoms with Crippen molar-refractivity contribution in [3.05, 3.63) is 0 Å². The first-order valence-corrected chi connectivity index (χ1v) is 7.29. The molecule has 0 aromatic rings. The molecule has 0 aromatic carbocycles. The molecule has 0 spiro atoms. The lowest BCUT2D eigenvalue weighted by Crippen LogP contribution is -2.48. The van der Waals surface area contributed by atoms with Crippen molar-refractivity contribution >= 4 is 6.03 Å². The molecule has 1 rings (SSSR count). The van der Waals surface area contributed by atoms with Crippen molar-refractivity contribution in [3.63, 3.8) is 0 Å². The van der Waals surface area contributed by atoms with Crippen LogP contribution in [-0.2, 0) is 0 Å². The Morgan fingerprint density at radius 2 is 1.89 bits per heavy atom. The SMILES string of the molecule is CC(C)CCCC(C)NC1CCN(C(N)=O)CC1. The van der Waals surface area contributed by atoms with Crippen LogP contribution in [0.1, 0.15) is 52.9 Å². The Labute approximate surface area is 111 Å².